The summed E-state index contributed by atoms with van der Waals surface area (Å²) in [5, 5.41) is 0. The number of nitrogens with zero attached hydrogens (tertiary/aromatic N) is 1. The lowest BCUT2D eigenvalue weighted by atomic mass is 9.77. The Hall–Kier alpha value is -2.60. The number of methoxy groups -OCH3 is 2. The minimum atomic E-state index is -0.515. The van der Waals surface area contributed by atoms with Crippen LogP contribution in [0.2, 0.25) is 0 Å². The van der Waals surface area contributed by atoms with E-state index < -0.39 is 5.82 Å². The van der Waals surface area contributed by atoms with E-state index in [2.05, 4.69) is 12.1 Å². The number of benzene rings is 2. The Labute approximate surface area is 183 Å². The van der Waals surface area contributed by atoms with E-state index in [1.54, 1.807) is 13.2 Å². The molecular weight excluding hydrogens is 397 g/mol. The van der Waals surface area contributed by atoms with Crippen molar-refractivity contribution in [2.24, 2.45) is 5.92 Å². The van der Waals surface area contributed by atoms with Crippen LogP contribution in [-0.4, -0.2) is 50.3 Å². The van der Waals surface area contributed by atoms with Gasteiger partial charge in [-0.2, -0.15) is 0 Å². The van der Waals surface area contributed by atoms with Crippen molar-refractivity contribution < 1.29 is 23.4 Å². The molecule has 4 rings (SSSR count). The fourth-order valence-corrected chi connectivity index (χ4v) is 4.85. The molecule has 0 aromatic heterocycles. The van der Waals surface area contributed by atoms with E-state index in [0.717, 1.165) is 44.5 Å². The van der Waals surface area contributed by atoms with Gasteiger partial charge in [-0.3, -0.25) is 4.79 Å². The fourth-order valence-electron chi connectivity index (χ4n) is 4.85. The van der Waals surface area contributed by atoms with Crippen molar-refractivity contribution in [1.29, 1.82) is 0 Å². The number of likely N-dealkylation sites (tertiary alicyclic amines) is 1. The number of amides is 1. The molecule has 1 amide bonds. The van der Waals surface area contributed by atoms with Gasteiger partial charge in [0.05, 0.1) is 19.8 Å². The Morgan fingerprint density at radius 2 is 1.87 bits per heavy atom. The molecule has 6 heteroatoms. The van der Waals surface area contributed by atoms with E-state index in [4.69, 9.17) is 14.2 Å². The zero-order valence-electron chi connectivity index (χ0n) is 18.2. The maximum atomic E-state index is 14.0. The molecule has 2 aromatic carbocycles. The molecule has 0 N–H and O–H groups in total. The van der Waals surface area contributed by atoms with Gasteiger partial charge in [-0.1, -0.05) is 12.1 Å². The normalized spacial score (nSPS) is 20.5. The summed E-state index contributed by atoms with van der Waals surface area (Å²) in [5.41, 5.74) is 1.52. The molecule has 2 saturated heterocycles. The summed E-state index contributed by atoms with van der Waals surface area (Å²) in [7, 11) is 3.09. The topological polar surface area (TPSA) is 48.0 Å². The number of piperidine rings is 1. The Kier molecular flexibility index (Phi) is 6.46. The number of halogens is 1. The molecule has 1 atom stereocenters. The number of ether oxygens (including phenoxy) is 3. The van der Waals surface area contributed by atoms with Crippen molar-refractivity contribution in [3.8, 4) is 11.5 Å². The van der Waals surface area contributed by atoms with Crippen LogP contribution < -0.4 is 9.47 Å². The molecule has 0 aliphatic carbocycles. The lowest BCUT2D eigenvalue weighted by Gasteiger charge is -2.46. The molecule has 31 heavy (non-hydrogen) atoms. The third kappa shape index (κ3) is 4.85. The van der Waals surface area contributed by atoms with Crippen molar-refractivity contribution >= 4 is 5.91 Å². The highest BCUT2D eigenvalue weighted by atomic mass is 19.1. The third-order valence-corrected chi connectivity index (χ3v) is 6.64. The van der Waals surface area contributed by atoms with Crippen LogP contribution >= 0.6 is 0 Å². The van der Waals surface area contributed by atoms with Gasteiger partial charge in [0.1, 0.15) is 5.75 Å². The van der Waals surface area contributed by atoms with Crippen molar-refractivity contribution in [1.82, 2.24) is 4.90 Å². The van der Waals surface area contributed by atoms with Gasteiger partial charge >= 0.3 is 0 Å². The molecule has 2 aliphatic rings. The van der Waals surface area contributed by atoms with E-state index in [1.165, 1.54) is 24.8 Å². The summed E-state index contributed by atoms with van der Waals surface area (Å²) in [4.78, 5) is 14.7. The molecule has 2 aromatic rings. The van der Waals surface area contributed by atoms with E-state index in [1.807, 2.05) is 17.0 Å². The highest BCUT2D eigenvalue weighted by molar-refractivity contribution is 5.94. The second kappa shape index (κ2) is 9.27. The molecule has 0 saturated carbocycles. The summed E-state index contributed by atoms with van der Waals surface area (Å²) in [6.07, 6.45) is 4.73. The summed E-state index contributed by atoms with van der Waals surface area (Å²) in [6, 6.07) is 12.7. The molecule has 1 spiro atoms. The van der Waals surface area contributed by atoms with Gasteiger partial charge < -0.3 is 19.1 Å². The number of hydrogen-bond acceptors (Lipinski definition) is 4. The summed E-state index contributed by atoms with van der Waals surface area (Å²) >= 11 is 0. The largest absolute Gasteiger partial charge is 0.497 e. The first-order valence-electron chi connectivity index (χ1n) is 10.9. The molecule has 5 nitrogen and oxygen atoms in total. The van der Waals surface area contributed by atoms with Gasteiger partial charge in [-0.15, -0.1) is 0 Å². The van der Waals surface area contributed by atoms with Crippen LogP contribution in [0.3, 0.4) is 0 Å². The zero-order valence-corrected chi connectivity index (χ0v) is 18.2. The smallest absolute Gasteiger partial charge is 0.253 e. The molecular formula is C25H30FNO4. The van der Waals surface area contributed by atoms with Gasteiger partial charge in [0.15, 0.2) is 11.6 Å². The van der Waals surface area contributed by atoms with Crippen LogP contribution in [0, 0.1) is 11.7 Å². The van der Waals surface area contributed by atoms with Crippen LogP contribution in [0.4, 0.5) is 4.39 Å². The van der Waals surface area contributed by atoms with Crippen LogP contribution in [0.1, 0.15) is 41.6 Å². The predicted molar refractivity (Wildman–Crippen MR) is 116 cm³/mol. The third-order valence-electron chi connectivity index (χ3n) is 6.64. The highest BCUT2D eigenvalue weighted by Gasteiger charge is 2.41. The number of carbonyl (C=O) groups excluding carboxylic acids is 1. The standard InChI is InChI=1S/C25H30FNO4/c1-29-21-6-3-18(4-7-21)15-19-9-14-31-25(17-19)10-12-27(13-11-25)24(28)20-5-8-23(30-2)22(26)16-20/h3-8,16,19H,9-15,17H2,1-2H3/t19-/m1/s1. The zero-order chi connectivity index (χ0) is 21.8. The van der Waals surface area contributed by atoms with E-state index in [-0.39, 0.29) is 17.3 Å². The Morgan fingerprint density at radius 1 is 1.13 bits per heavy atom. The highest BCUT2D eigenvalue weighted by Crippen LogP contribution is 2.39. The molecule has 0 bridgehead atoms. The summed E-state index contributed by atoms with van der Waals surface area (Å²) in [5.74, 6) is 0.939. The quantitative estimate of drug-likeness (QED) is 0.706. The first-order valence-corrected chi connectivity index (χ1v) is 10.9. The van der Waals surface area contributed by atoms with Gasteiger partial charge in [0.25, 0.3) is 5.91 Å². The first kappa shape index (κ1) is 21.6. The maximum Gasteiger partial charge on any atom is 0.253 e. The second-order valence-electron chi connectivity index (χ2n) is 8.58. The Morgan fingerprint density at radius 3 is 2.52 bits per heavy atom. The Bertz CT molecular complexity index is 906. The molecule has 2 aliphatic heterocycles. The monoisotopic (exact) mass is 427 g/mol. The average molecular weight is 428 g/mol. The molecule has 0 radical (unpaired) electrons. The van der Waals surface area contributed by atoms with E-state index in [9.17, 15) is 9.18 Å². The average Bonchev–Trinajstić information content (AvgIpc) is 2.80. The molecule has 2 fully saturated rings. The Balaban J connectivity index is 1.35. The summed E-state index contributed by atoms with van der Waals surface area (Å²) < 4.78 is 30.5. The van der Waals surface area contributed by atoms with Crippen LogP contribution in [0.15, 0.2) is 42.5 Å². The lowest BCUT2D eigenvalue weighted by molar-refractivity contribution is -0.123. The van der Waals surface area contributed by atoms with Crippen molar-refractivity contribution in [2.75, 3.05) is 33.9 Å². The number of rotatable bonds is 5. The van der Waals surface area contributed by atoms with E-state index in [0.29, 0.717) is 24.6 Å². The number of hydrogen-bond donors (Lipinski definition) is 0. The maximum absolute atomic E-state index is 14.0. The SMILES string of the molecule is COc1ccc(C[C@H]2CCOC3(CCN(C(=O)c4ccc(OC)c(F)c4)CC3)C2)cc1. The van der Waals surface area contributed by atoms with Gasteiger partial charge in [0, 0.05) is 25.3 Å². The molecule has 0 unspecified atom stereocenters. The van der Waals surface area contributed by atoms with Crippen molar-refractivity contribution in [3.63, 3.8) is 0 Å². The fraction of sp³-hybridized carbons (Fsp3) is 0.480. The van der Waals surface area contributed by atoms with E-state index >= 15 is 0 Å². The van der Waals surface area contributed by atoms with Gasteiger partial charge in [-0.25, -0.2) is 4.39 Å². The second-order valence-corrected chi connectivity index (χ2v) is 8.58. The van der Waals surface area contributed by atoms with Gasteiger partial charge in [-0.05, 0) is 73.9 Å². The predicted octanol–water partition coefficient (Wildman–Crippen LogP) is 4.49. The van der Waals surface area contributed by atoms with Crippen LogP contribution in [-0.2, 0) is 11.2 Å². The minimum Gasteiger partial charge on any atom is -0.497 e. The van der Waals surface area contributed by atoms with Crippen LogP contribution in [0.25, 0.3) is 0 Å². The van der Waals surface area contributed by atoms with Crippen molar-refractivity contribution in [2.45, 2.75) is 37.7 Å². The van der Waals surface area contributed by atoms with Crippen molar-refractivity contribution in [3.05, 3.63) is 59.4 Å². The molecule has 2 heterocycles. The van der Waals surface area contributed by atoms with Gasteiger partial charge in [0.2, 0.25) is 0 Å². The number of carbonyl (C=O) groups is 1. The summed E-state index contributed by atoms with van der Waals surface area (Å²) in [6.45, 7) is 2.02. The lowest BCUT2D eigenvalue weighted by Crippen LogP contribution is -2.51. The minimum absolute atomic E-state index is 0.137. The first-order chi connectivity index (χ1) is 15.0. The molecule has 166 valence electrons. The van der Waals surface area contributed by atoms with Crippen LogP contribution in [0.5, 0.6) is 11.5 Å².